The number of carboxylic acid groups (broad SMARTS) is 1. The van der Waals surface area contributed by atoms with Crippen LogP contribution in [0.3, 0.4) is 0 Å². The van der Waals surface area contributed by atoms with Crippen LogP contribution in [0.4, 0.5) is 4.39 Å². The maximum Gasteiger partial charge on any atom is 0.303 e. The van der Waals surface area contributed by atoms with Gasteiger partial charge in [-0.3, -0.25) is 4.79 Å². The third-order valence-electron chi connectivity index (χ3n) is 2.61. The van der Waals surface area contributed by atoms with Gasteiger partial charge in [-0.25, -0.2) is 4.39 Å². The lowest BCUT2D eigenvalue weighted by Gasteiger charge is -2.23. The second-order valence-corrected chi connectivity index (χ2v) is 4.86. The summed E-state index contributed by atoms with van der Waals surface area (Å²) in [7, 11) is 0. The van der Waals surface area contributed by atoms with Gasteiger partial charge in [0.05, 0.1) is 0 Å². The van der Waals surface area contributed by atoms with Gasteiger partial charge in [0.15, 0.2) is 0 Å². The van der Waals surface area contributed by atoms with Crippen LogP contribution in [-0.4, -0.2) is 11.1 Å². The predicted molar refractivity (Wildman–Crippen MR) is 60.8 cm³/mol. The lowest BCUT2D eigenvalue weighted by molar-refractivity contribution is -0.137. The molecule has 1 aromatic rings. The zero-order valence-electron chi connectivity index (χ0n) is 9.66. The van der Waals surface area contributed by atoms with Crippen LogP contribution >= 0.6 is 0 Å². The summed E-state index contributed by atoms with van der Waals surface area (Å²) in [4.78, 5) is 10.5. The van der Waals surface area contributed by atoms with Crippen molar-refractivity contribution in [2.24, 2.45) is 5.41 Å². The second-order valence-electron chi connectivity index (χ2n) is 4.86. The van der Waals surface area contributed by atoms with E-state index < -0.39 is 5.97 Å². The fourth-order valence-corrected chi connectivity index (χ4v) is 1.69. The van der Waals surface area contributed by atoms with Crippen molar-refractivity contribution in [3.63, 3.8) is 0 Å². The summed E-state index contributed by atoms with van der Waals surface area (Å²) >= 11 is 0. The highest BCUT2D eigenvalue weighted by Gasteiger charge is 2.19. The van der Waals surface area contributed by atoms with Crippen molar-refractivity contribution in [3.05, 3.63) is 35.6 Å². The molecule has 0 aliphatic carbocycles. The Balaban J connectivity index is 2.57. The first kappa shape index (κ1) is 12.7. The van der Waals surface area contributed by atoms with Crippen LogP contribution < -0.4 is 0 Å². The molecule has 0 radical (unpaired) electrons. The molecule has 0 unspecified atom stereocenters. The van der Waals surface area contributed by atoms with E-state index in [1.807, 2.05) is 13.8 Å². The van der Waals surface area contributed by atoms with Crippen molar-refractivity contribution in [1.29, 1.82) is 0 Å². The van der Waals surface area contributed by atoms with E-state index in [-0.39, 0.29) is 17.7 Å². The van der Waals surface area contributed by atoms with Crippen molar-refractivity contribution in [1.82, 2.24) is 0 Å². The third kappa shape index (κ3) is 4.43. The Hall–Kier alpha value is -1.38. The Morgan fingerprint density at radius 3 is 2.38 bits per heavy atom. The van der Waals surface area contributed by atoms with Gasteiger partial charge in [0.1, 0.15) is 5.82 Å². The smallest absolute Gasteiger partial charge is 0.303 e. The second kappa shape index (κ2) is 5.10. The van der Waals surface area contributed by atoms with Crippen LogP contribution in [0.5, 0.6) is 0 Å². The van der Waals surface area contributed by atoms with Gasteiger partial charge in [-0.05, 0) is 36.0 Å². The minimum atomic E-state index is -0.771. The van der Waals surface area contributed by atoms with Crippen LogP contribution in [0, 0.1) is 11.2 Å². The van der Waals surface area contributed by atoms with Gasteiger partial charge in [0, 0.05) is 6.42 Å². The standard InChI is InChI=1S/C13H17FO2/c1-13(2,8-7-12(15)16)9-10-3-5-11(14)6-4-10/h3-6H,7-9H2,1-2H3,(H,15,16). The molecule has 3 heteroatoms. The van der Waals surface area contributed by atoms with E-state index in [9.17, 15) is 9.18 Å². The molecule has 16 heavy (non-hydrogen) atoms. The molecule has 1 aromatic carbocycles. The van der Waals surface area contributed by atoms with E-state index >= 15 is 0 Å². The third-order valence-corrected chi connectivity index (χ3v) is 2.61. The molecule has 0 aliphatic heterocycles. The number of benzene rings is 1. The first-order valence-corrected chi connectivity index (χ1v) is 5.35. The van der Waals surface area contributed by atoms with Crippen molar-refractivity contribution in [2.75, 3.05) is 0 Å². The average Bonchev–Trinajstić information content (AvgIpc) is 2.19. The molecule has 0 saturated carbocycles. The summed E-state index contributed by atoms with van der Waals surface area (Å²) in [5.41, 5.74) is 0.965. The fraction of sp³-hybridized carbons (Fsp3) is 0.462. The first-order valence-electron chi connectivity index (χ1n) is 5.35. The van der Waals surface area contributed by atoms with E-state index in [2.05, 4.69) is 0 Å². The molecule has 0 saturated heterocycles. The maximum absolute atomic E-state index is 12.7. The molecule has 0 atom stereocenters. The average molecular weight is 224 g/mol. The van der Waals surface area contributed by atoms with Gasteiger partial charge in [-0.15, -0.1) is 0 Å². The van der Waals surface area contributed by atoms with E-state index in [4.69, 9.17) is 5.11 Å². The number of hydrogen-bond donors (Lipinski definition) is 1. The minimum absolute atomic E-state index is 0.0732. The predicted octanol–water partition coefficient (Wildman–Crippen LogP) is 3.26. The topological polar surface area (TPSA) is 37.3 Å². The minimum Gasteiger partial charge on any atom is -0.481 e. The van der Waals surface area contributed by atoms with Crippen molar-refractivity contribution in [3.8, 4) is 0 Å². The molecule has 2 nitrogen and oxygen atoms in total. The van der Waals surface area contributed by atoms with Crippen LogP contribution in [0.1, 0.15) is 32.3 Å². The highest BCUT2D eigenvalue weighted by molar-refractivity contribution is 5.66. The highest BCUT2D eigenvalue weighted by atomic mass is 19.1. The lowest BCUT2D eigenvalue weighted by Crippen LogP contribution is -2.16. The van der Waals surface area contributed by atoms with Crippen LogP contribution in [-0.2, 0) is 11.2 Å². The van der Waals surface area contributed by atoms with Crippen molar-refractivity contribution in [2.45, 2.75) is 33.1 Å². The molecule has 1 N–H and O–H groups in total. The molecule has 88 valence electrons. The largest absolute Gasteiger partial charge is 0.481 e. The van der Waals surface area contributed by atoms with Crippen molar-refractivity contribution < 1.29 is 14.3 Å². The van der Waals surface area contributed by atoms with Gasteiger partial charge in [0.2, 0.25) is 0 Å². The molecule has 0 aromatic heterocycles. The number of carbonyl (C=O) groups is 1. The highest BCUT2D eigenvalue weighted by Crippen LogP contribution is 2.27. The van der Waals surface area contributed by atoms with Gasteiger partial charge >= 0.3 is 5.97 Å². The Bertz CT molecular complexity index is 355. The summed E-state index contributed by atoms with van der Waals surface area (Å²) in [6, 6.07) is 6.36. The SMILES string of the molecule is CC(C)(CCC(=O)O)Cc1ccc(F)cc1. The van der Waals surface area contributed by atoms with Gasteiger partial charge in [-0.1, -0.05) is 26.0 Å². The Morgan fingerprint density at radius 1 is 1.31 bits per heavy atom. The number of rotatable bonds is 5. The molecule has 0 spiro atoms. The van der Waals surface area contributed by atoms with Crippen molar-refractivity contribution >= 4 is 5.97 Å². The molecule has 0 amide bonds. The normalized spacial score (nSPS) is 11.4. The van der Waals surface area contributed by atoms with E-state index in [1.165, 1.54) is 12.1 Å². The summed E-state index contributed by atoms with van der Waals surface area (Å²) in [5, 5.41) is 8.63. The molecular weight excluding hydrogens is 207 g/mol. The Kier molecular flexibility index (Phi) is 4.05. The Labute approximate surface area is 95.1 Å². The number of aliphatic carboxylic acids is 1. The molecule has 0 fully saturated rings. The molecular formula is C13H17FO2. The molecule has 0 aliphatic rings. The lowest BCUT2D eigenvalue weighted by atomic mass is 9.81. The summed E-state index contributed by atoms with van der Waals surface area (Å²) < 4.78 is 12.7. The van der Waals surface area contributed by atoms with Crippen LogP contribution in [0.15, 0.2) is 24.3 Å². The number of halogens is 1. The summed E-state index contributed by atoms with van der Waals surface area (Å²) in [6.45, 7) is 4.05. The zero-order valence-corrected chi connectivity index (χ0v) is 9.66. The number of hydrogen-bond acceptors (Lipinski definition) is 1. The van der Waals surface area contributed by atoms with E-state index in [0.717, 1.165) is 12.0 Å². The fourth-order valence-electron chi connectivity index (χ4n) is 1.69. The summed E-state index contributed by atoms with van der Waals surface area (Å²) in [6.07, 6.45) is 1.56. The van der Waals surface area contributed by atoms with Gasteiger partial charge in [0.25, 0.3) is 0 Å². The number of carboxylic acids is 1. The maximum atomic E-state index is 12.7. The quantitative estimate of drug-likeness (QED) is 0.833. The van der Waals surface area contributed by atoms with E-state index in [1.54, 1.807) is 12.1 Å². The van der Waals surface area contributed by atoms with Crippen LogP contribution in [0.25, 0.3) is 0 Å². The molecule has 0 heterocycles. The summed E-state index contributed by atoms with van der Waals surface area (Å²) in [5.74, 6) is -1.01. The monoisotopic (exact) mass is 224 g/mol. The van der Waals surface area contributed by atoms with Gasteiger partial charge < -0.3 is 5.11 Å². The molecule has 1 rings (SSSR count). The van der Waals surface area contributed by atoms with Crippen LogP contribution in [0.2, 0.25) is 0 Å². The van der Waals surface area contributed by atoms with Gasteiger partial charge in [-0.2, -0.15) is 0 Å². The zero-order chi connectivity index (χ0) is 12.2. The Morgan fingerprint density at radius 2 is 1.88 bits per heavy atom. The first-order chi connectivity index (χ1) is 7.39. The molecule has 0 bridgehead atoms. The van der Waals surface area contributed by atoms with E-state index in [0.29, 0.717) is 6.42 Å².